The molecule has 1 aromatic heterocycles. The predicted octanol–water partition coefficient (Wildman–Crippen LogP) is 1.93. The quantitative estimate of drug-likeness (QED) is 0.901. The van der Waals surface area contributed by atoms with Gasteiger partial charge >= 0.3 is 0 Å². The fourth-order valence-electron chi connectivity index (χ4n) is 2.63. The summed E-state index contributed by atoms with van der Waals surface area (Å²) in [5, 5.41) is 3.57. The molecule has 0 spiro atoms. The van der Waals surface area contributed by atoms with Gasteiger partial charge in [-0.15, -0.1) is 0 Å². The average Bonchev–Trinajstić information content (AvgIpc) is 2.46. The molecule has 1 fully saturated rings. The number of hydrogen-bond acceptors (Lipinski definition) is 3. The first-order valence-corrected chi connectivity index (χ1v) is 7.15. The van der Waals surface area contributed by atoms with Crippen LogP contribution < -0.4 is 5.32 Å². The highest BCUT2D eigenvalue weighted by atomic mass is 16.2. The molecule has 1 amide bonds. The molecule has 1 aliphatic heterocycles. The molecule has 1 N–H and O–H groups in total. The van der Waals surface area contributed by atoms with Crippen molar-refractivity contribution >= 4 is 5.91 Å². The Hall–Kier alpha value is -1.42. The molecule has 4 nitrogen and oxygen atoms in total. The van der Waals surface area contributed by atoms with Crippen molar-refractivity contribution in [2.75, 3.05) is 19.6 Å². The van der Waals surface area contributed by atoms with E-state index in [9.17, 15) is 4.79 Å². The van der Waals surface area contributed by atoms with E-state index in [1.54, 1.807) is 12.4 Å². The van der Waals surface area contributed by atoms with Gasteiger partial charge in [0.05, 0.1) is 5.56 Å². The van der Waals surface area contributed by atoms with Crippen LogP contribution in [-0.4, -0.2) is 41.5 Å². The monoisotopic (exact) mass is 261 g/mol. The van der Waals surface area contributed by atoms with Crippen molar-refractivity contribution in [3.63, 3.8) is 0 Å². The normalized spacial score (nSPS) is 23.4. The van der Waals surface area contributed by atoms with Crippen molar-refractivity contribution < 1.29 is 4.79 Å². The maximum atomic E-state index is 12.3. The van der Waals surface area contributed by atoms with E-state index >= 15 is 0 Å². The van der Waals surface area contributed by atoms with Gasteiger partial charge in [0.1, 0.15) is 0 Å². The number of amides is 1. The molecule has 0 aliphatic carbocycles. The minimum Gasteiger partial charge on any atom is -0.338 e. The van der Waals surface area contributed by atoms with Crippen molar-refractivity contribution in [2.24, 2.45) is 5.92 Å². The van der Waals surface area contributed by atoms with Crippen LogP contribution in [0.2, 0.25) is 0 Å². The van der Waals surface area contributed by atoms with E-state index in [1.165, 1.54) is 0 Å². The maximum absolute atomic E-state index is 12.3. The highest BCUT2D eigenvalue weighted by Crippen LogP contribution is 2.18. The third kappa shape index (κ3) is 3.53. The summed E-state index contributed by atoms with van der Waals surface area (Å²) in [4.78, 5) is 18.3. The van der Waals surface area contributed by atoms with Gasteiger partial charge in [-0.3, -0.25) is 9.78 Å². The van der Waals surface area contributed by atoms with Crippen molar-refractivity contribution in [3.8, 4) is 0 Å². The molecule has 0 aromatic carbocycles. The Morgan fingerprint density at radius 1 is 1.58 bits per heavy atom. The summed E-state index contributed by atoms with van der Waals surface area (Å²) in [5.74, 6) is 0.606. The molecule has 19 heavy (non-hydrogen) atoms. The number of pyridine rings is 1. The van der Waals surface area contributed by atoms with Crippen LogP contribution in [0.1, 0.15) is 37.0 Å². The summed E-state index contributed by atoms with van der Waals surface area (Å²) in [6.45, 7) is 7.12. The van der Waals surface area contributed by atoms with Crippen LogP contribution in [0.3, 0.4) is 0 Å². The molecule has 2 rings (SSSR count). The second-order valence-electron chi connectivity index (χ2n) is 5.32. The first kappa shape index (κ1) is 14.0. The highest BCUT2D eigenvalue weighted by molar-refractivity contribution is 5.93. The van der Waals surface area contributed by atoms with E-state index < -0.39 is 0 Å². The maximum Gasteiger partial charge on any atom is 0.255 e. The standard InChI is InChI=1S/C15H23N3O/c1-3-7-17-14-6-9-18(11-12(14)2)15(19)13-5-4-8-16-10-13/h4-5,8,10,12,14,17H,3,6-7,9,11H2,1-2H3. The molecule has 1 aromatic rings. The lowest BCUT2D eigenvalue weighted by atomic mass is 9.93. The molecule has 1 aliphatic rings. The number of carbonyl (C=O) groups is 1. The zero-order valence-electron chi connectivity index (χ0n) is 11.8. The molecule has 2 atom stereocenters. The lowest BCUT2D eigenvalue weighted by Crippen LogP contribution is -2.50. The Labute approximate surface area is 115 Å². The second-order valence-corrected chi connectivity index (χ2v) is 5.32. The van der Waals surface area contributed by atoms with E-state index in [2.05, 4.69) is 24.1 Å². The summed E-state index contributed by atoms with van der Waals surface area (Å²) >= 11 is 0. The lowest BCUT2D eigenvalue weighted by Gasteiger charge is -2.37. The second kappa shape index (κ2) is 6.66. The fourth-order valence-corrected chi connectivity index (χ4v) is 2.63. The summed E-state index contributed by atoms with van der Waals surface area (Å²) < 4.78 is 0. The summed E-state index contributed by atoms with van der Waals surface area (Å²) in [6, 6.07) is 4.19. The topological polar surface area (TPSA) is 45.2 Å². The van der Waals surface area contributed by atoms with Crippen LogP contribution >= 0.6 is 0 Å². The van der Waals surface area contributed by atoms with Crippen LogP contribution in [-0.2, 0) is 0 Å². The van der Waals surface area contributed by atoms with Crippen LogP contribution in [0.15, 0.2) is 24.5 Å². The third-order valence-corrected chi connectivity index (χ3v) is 3.76. The van der Waals surface area contributed by atoms with Crippen LogP contribution in [0.25, 0.3) is 0 Å². The zero-order valence-corrected chi connectivity index (χ0v) is 11.8. The average molecular weight is 261 g/mol. The molecule has 0 radical (unpaired) electrons. The van der Waals surface area contributed by atoms with E-state index in [1.807, 2.05) is 17.0 Å². The van der Waals surface area contributed by atoms with Crippen LogP contribution in [0.5, 0.6) is 0 Å². The Kier molecular flexibility index (Phi) is 4.91. The molecular weight excluding hydrogens is 238 g/mol. The third-order valence-electron chi connectivity index (χ3n) is 3.76. The summed E-state index contributed by atoms with van der Waals surface area (Å²) in [5.41, 5.74) is 0.690. The molecule has 1 saturated heterocycles. The number of likely N-dealkylation sites (tertiary alicyclic amines) is 1. The van der Waals surface area contributed by atoms with Gasteiger partial charge < -0.3 is 10.2 Å². The zero-order chi connectivity index (χ0) is 13.7. The Bertz CT molecular complexity index is 407. The number of carbonyl (C=O) groups excluding carboxylic acids is 1. The smallest absolute Gasteiger partial charge is 0.255 e. The number of hydrogen-bond donors (Lipinski definition) is 1. The van der Waals surface area contributed by atoms with Crippen molar-refractivity contribution in [3.05, 3.63) is 30.1 Å². The highest BCUT2D eigenvalue weighted by Gasteiger charge is 2.28. The van der Waals surface area contributed by atoms with E-state index in [-0.39, 0.29) is 5.91 Å². The summed E-state index contributed by atoms with van der Waals surface area (Å²) in [7, 11) is 0. The minimum absolute atomic E-state index is 0.105. The number of rotatable bonds is 4. The number of nitrogens with one attached hydrogen (secondary N) is 1. The number of aromatic nitrogens is 1. The van der Waals surface area contributed by atoms with Gasteiger partial charge in [-0.05, 0) is 37.4 Å². The first-order valence-electron chi connectivity index (χ1n) is 7.15. The van der Waals surface area contributed by atoms with Gasteiger partial charge in [-0.2, -0.15) is 0 Å². The fraction of sp³-hybridized carbons (Fsp3) is 0.600. The Morgan fingerprint density at radius 2 is 2.42 bits per heavy atom. The molecule has 0 bridgehead atoms. The van der Waals surface area contributed by atoms with Gasteiger partial charge in [0.2, 0.25) is 0 Å². The van der Waals surface area contributed by atoms with Crippen LogP contribution in [0, 0.1) is 5.92 Å². The Morgan fingerprint density at radius 3 is 3.05 bits per heavy atom. The van der Waals surface area contributed by atoms with Crippen molar-refractivity contribution in [1.82, 2.24) is 15.2 Å². The van der Waals surface area contributed by atoms with Gasteiger partial charge in [0.25, 0.3) is 5.91 Å². The molecule has 2 unspecified atom stereocenters. The minimum atomic E-state index is 0.105. The van der Waals surface area contributed by atoms with Gasteiger partial charge in [-0.25, -0.2) is 0 Å². The predicted molar refractivity (Wildman–Crippen MR) is 76.0 cm³/mol. The Balaban J connectivity index is 1.93. The molecular formula is C15H23N3O. The molecule has 0 saturated carbocycles. The lowest BCUT2D eigenvalue weighted by molar-refractivity contribution is 0.0645. The number of nitrogens with zero attached hydrogens (tertiary/aromatic N) is 2. The van der Waals surface area contributed by atoms with Gasteiger partial charge in [-0.1, -0.05) is 13.8 Å². The van der Waals surface area contributed by atoms with Gasteiger partial charge in [0.15, 0.2) is 0 Å². The molecule has 4 heteroatoms. The molecule has 2 heterocycles. The summed E-state index contributed by atoms with van der Waals surface area (Å²) in [6.07, 6.45) is 5.53. The number of piperidine rings is 1. The van der Waals surface area contributed by atoms with E-state index in [0.29, 0.717) is 17.5 Å². The van der Waals surface area contributed by atoms with E-state index in [4.69, 9.17) is 0 Å². The van der Waals surface area contributed by atoms with Crippen LogP contribution in [0.4, 0.5) is 0 Å². The van der Waals surface area contributed by atoms with Gasteiger partial charge in [0, 0.05) is 31.5 Å². The van der Waals surface area contributed by atoms with E-state index in [0.717, 1.165) is 32.5 Å². The van der Waals surface area contributed by atoms with Crippen molar-refractivity contribution in [1.29, 1.82) is 0 Å². The SMILES string of the molecule is CCCNC1CCN(C(=O)c2cccnc2)CC1C. The molecule has 104 valence electrons. The largest absolute Gasteiger partial charge is 0.338 e. The first-order chi connectivity index (χ1) is 9.22. The van der Waals surface area contributed by atoms with Crippen molar-refractivity contribution in [2.45, 2.75) is 32.7 Å².